The van der Waals surface area contributed by atoms with Gasteiger partial charge >= 0.3 is 0 Å². The summed E-state index contributed by atoms with van der Waals surface area (Å²) in [5.74, 6) is 0.153. The van der Waals surface area contributed by atoms with E-state index in [4.69, 9.17) is 0 Å². The summed E-state index contributed by atoms with van der Waals surface area (Å²) in [7, 11) is -3.09. The molecule has 3 rings (SSSR count). The van der Waals surface area contributed by atoms with Crippen LogP contribution in [-0.2, 0) is 21.2 Å². The average molecular weight is 326 g/mol. The number of piperazine rings is 1. The van der Waals surface area contributed by atoms with Crippen molar-refractivity contribution in [3.8, 4) is 0 Å². The van der Waals surface area contributed by atoms with Crippen LogP contribution in [0.1, 0.15) is 19.5 Å². The summed E-state index contributed by atoms with van der Waals surface area (Å²) in [5.41, 5.74) is 0.965. The van der Waals surface area contributed by atoms with Gasteiger partial charge in [-0.1, -0.05) is 13.8 Å². The van der Waals surface area contributed by atoms with Crippen molar-refractivity contribution in [1.82, 2.24) is 19.8 Å². The number of H-pyrrole nitrogens is 1. The van der Waals surface area contributed by atoms with Gasteiger partial charge in [-0.25, -0.2) is 13.4 Å². The Hall–Kier alpha value is -1.41. The molecule has 3 heterocycles. The van der Waals surface area contributed by atoms with Gasteiger partial charge in [0, 0.05) is 43.5 Å². The molecule has 122 valence electrons. The molecule has 0 saturated carbocycles. The number of amides is 1. The molecule has 8 heteroatoms. The van der Waals surface area contributed by atoms with E-state index in [0.29, 0.717) is 19.6 Å². The third-order valence-electron chi connectivity index (χ3n) is 4.50. The highest BCUT2D eigenvalue weighted by atomic mass is 32.2. The molecule has 0 unspecified atom stereocenters. The van der Waals surface area contributed by atoms with Crippen molar-refractivity contribution in [3.63, 3.8) is 0 Å². The van der Waals surface area contributed by atoms with Crippen LogP contribution >= 0.6 is 0 Å². The molecule has 2 atom stereocenters. The smallest absolute Gasteiger partial charge is 0.225 e. The van der Waals surface area contributed by atoms with Crippen LogP contribution < -0.4 is 0 Å². The van der Waals surface area contributed by atoms with Crippen LogP contribution in [0.3, 0.4) is 0 Å². The van der Waals surface area contributed by atoms with Gasteiger partial charge in [0.15, 0.2) is 9.84 Å². The number of imidazole rings is 1. The van der Waals surface area contributed by atoms with Crippen molar-refractivity contribution in [2.24, 2.45) is 5.92 Å². The topological polar surface area (TPSA) is 86.4 Å². The minimum absolute atomic E-state index is 0.0493. The highest BCUT2D eigenvalue weighted by Crippen LogP contribution is 2.28. The van der Waals surface area contributed by atoms with E-state index in [2.05, 4.69) is 14.9 Å². The van der Waals surface area contributed by atoms with Gasteiger partial charge in [-0.05, 0) is 0 Å². The zero-order valence-electron chi connectivity index (χ0n) is 12.9. The quantitative estimate of drug-likeness (QED) is 0.836. The molecule has 7 nitrogen and oxygen atoms in total. The van der Waals surface area contributed by atoms with Gasteiger partial charge in [0.25, 0.3) is 0 Å². The number of carbonyl (C=O) groups is 1. The molecule has 2 aliphatic heterocycles. The third kappa shape index (κ3) is 2.89. The highest BCUT2D eigenvalue weighted by molar-refractivity contribution is 7.91. The molecule has 2 saturated heterocycles. The molecule has 1 amide bonds. The number of aromatic nitrogens is 2. The Bertz CT molecular complexity index is 641. The number of sulfone groups is 1. The highest BCUT2D eigenvalue weighted by Gasteiger charge is 2.48. The van der Waals surface area contributed by atoms with Gasteiger partial charge in [-0.2, -0.15) is 0 Å². The van der Waals surface area contributed by atoms with Crippen LogP contribution in [0.4, 0.5) is 0 Å². The maximum absolute atomic E-state index is 12.4. The van der Waals surface area contributed by atoms with Crippen LogP contribution in [0.2, 0.25) is 0 Å². The molecule has 22 heavy (non-hydrogen) atoms. The first-order chi connectivity index (χ1) is 10.4. The minimum atomic E-state index is -3.09. The number of carbonyl (C=O) groups excluding carboxylic acids is 1. The van der Waals surface area contributed by atoms with Gasteiger partial charge in [0.05, 0.1) is 23.9 Å². The Labute approximate surface area is 130 Å². The summed E-state index contributed by atoms with van der Waals surface area (Å²) in [4.78, 5) is 23.4. The summed E-state index contributed by atoms with van der Waals surface area (Å²) < 4.78 is 24.2. The predicted molar refractivity (Wildman–Crippen MR) is 81.8 cm³/mol. The fourth-order valence-corrected chi connectivity index (χ4v) is 5.43. The van der Waals surface area contributed by atoms with Crippen molar-refractivity contribution in [1.29, 1.82) is 0 Å². The normalized spacial score (nSPS) is 28.0. The molecule has 2 fully saturated rings. The number of aromatic amines is 1. The summed E-state index contributed by atoms with van der Waals surface area (Å²) in [6, 6.07) is -0.346. The maximum Gasteiger partial charge on any atom is 0.225 e. The van der Waals surface area contributed by atoms with Crippen molar-refractivity contribution in [2.75, 3.05) is 24.6 Å². The van der Waals surface area contributed by atoms with Crippen LogP contribution in [0.25, 0.3) is 0 Å². The van der Waals surface area contributed by atoms with Crippen molar-refractivity contribution >= 4 is 15.7 Å². The fraction of sp³-hybridized carbons (Fsp3) is 0.714. The largest absolute Gasteiger partial charge is 0.347 e. The number of rotatable bonds is 3. The van der Waals surface area contributed by atoms with Crippen molar-refractivity contribution in [2.45, 2.75) is 32.5 Å². The van der Waals surface area contributed by atoms with Crippen LogP contribution in [0, 0.1) is 5.92 Å². The lowest BCUT2D eigenvalue weighted by atomic mass is 10.0. The summed E-state index contributed by atoms with van der Waals surface area (Å²) in [6.45, 7) is 5.63. The van der Waals surface area contributed by atoms with Crippen molar-refractivity contribution in [3.05, 3.63) is 18.2 Å². The van der Waals surface area contributed by atoms with E-state index in [-0.39, 0.29) is 35.4 Å². The Morgan fingerprint density at radius 3 is 2.73 bits per heavy atom. The molecule has 1 aromatic heterocycles. The first kappa shape index (κ1) is 15.5. The molecule has 0 spiro atoms. The number of nitrogens with zero attached hydrogens (tertiary/aromatic N) is 3. The second kappa shape index (κ2) is 5.66. The second-order valence-electron chi connectivity index (χ2n) is 6.45. The number of hydrogen-bond donors (Lipinski definition) is 1. The standard InChI is InChI=1S/C14H22N4O3S/c1-10(2)14(19)18-4-3-17(6-11-5-15-9-16-11)12-7-22(20,21)8-13(12)18/h5,9-10,12-13H,3-4,6-8H2,1-2H3,(H,15,16)/t12-,13+/m0/s1. The zero-order chi connectivity index (χ0) is 15.9. The Morgan fingerprint density at radius 1 is 1.36 bits per heavy atom. The fourth-order valence-electron chi connectivity index (χ4n) is 3.42. The molecule has 2 aliphatic rings. The Kier molecular flexibility index (Phi) is 3.98. The lowest BCUT2D eigenvalue weighted by Crippen LogP contribution is -2.60. The second-order valence-corrected chi connectivity index (χ2v) is 8.60. The van der Waals surface area contributed by atoms with Crippen LogP contribution in [0.5, 0.6) is 0 Å². The molecule has 1 N–H and O–H groups in total. The first-order valence-corrected chi connectivity index (χ1v) is 9.42. The van der Waals surface area contributed by atoms with E-state index >= 15 is 0 Å². The van der Waals surface area contributed by atoms with E-state index in [1.54, 1.807) is 17.4 Å². The number of fused-ring (bicyclic) bond motifs is 1. The Morgan fingerprint density at radius 2 is 2.09 bits per heavy atom. The lowest BCUT2D eigenvalue weighted by Gasteiger charge is -2.44. The summed E-state index contributed by atoms with van der Waals surface area (Å²) in [5, 5.41) is 0. The van der Waals surface area contributed by atoms with E-state index in [1.807, 2.05) is 13.8 Å². The van der Waals surface area contributed by atoms with Gasteiger partial charge in [-0.15, -0.1) is 0 Å². The Balaban J connectivity index is 1.82. The summed E-state index contributed by atoms with van der Waals surface area (Å²) >= 11 is 0. The molecule has 0 bridgehead atoms. The van der Waals surface area contributed by atoms with Gasteiger partial charge in [-0.3, -0.25) is 9.69 Å². The van der Waals surface area contributed by atoms with Gasteiger partial charge in [0.1, 0.15) is 0 Å². The number of hydrogen-bond acceptors (Lipinski definition) is 5. The lowest BCUT2D eigenvalue weighted by molar-refractivity contribution is -0.140. The zero-order valence-corrected chi connectivity index (χ0v) is 13.7. The molecule has 1 aromatic rings. The van der Waals surface area contributed by atoms with E-state index in [1.165, 1.54) is 0 Å². The predicted octanol–water partition coefficient (Wildman–Crippen LogP) is -0.124. The summed E-state index contributed by atoms with van der Waals surface area (Å²) in [6.07, 6.45) is 3.38. The molecule has 0 radical (unpaired) electrons. The average Bonchev–Trinajstić information content (AvgIpc) is 3.04. The van der Waals surface area contributed by atoms with E-state index < -0.39 is 9.84 Å². The van der Waals surface area contributed by atoms with E-state index in [0.717, 1.165) is 5.69 Å². The molecular formula is C14H22N4O3S. The minimum Gasteiger partial charge on any atom is -0.347 e. The third-order valence-corrected chi connectivity index (χ3v) is 6.20. The first-order valence-electron chi connectivity index (χ1n) is 7.59. The van der Waals surface area contributed by atoms with Crippen molar-refractivity contribution < 1.29 is 13.2 Å². The van der Waals surface area contributed by atoms with Gasteiger partial charge in [0.2, 0.25) is 5.91 Å². The molecular weight excluding hydrogens is 304 g/mol. The molecule has 0 aliphatic carbocycles. The van der Waals surface area contributed by atoms with Crippen LogP contribution in [-0.4, -0.2) is 70.8 Å². The van der Waals surface area contributed by atoms with Gasteiger partial charge < -0.3 is 9.88 Å². The van der Waals surface area contributed by atoms with E-state index in [9.17, 15) is 13.2 Å². The maximum atomic E-state index is 12.4. The molecule has 0 aromatic carbocycles. The van der Waals surface area contributed by atoms with Crippen LogP contribution in [0.15, 0.2) is 12.5 Å². The SMILES string of the molecule is CC(C)C(=O)N1CCN(Cc2cnc[nH]2)[C@H]2CS(=O)(=O)C[C@H]21. The monoisotopic (exact) mass is 326 g/mol. The number of nitrogens with one attached hydrogen (secondary N) is 1.